The first-order valence-electron chi connectivity index (χ1n) is 9.09. The van der Waals surface area contributed by atoms with Gasteiger partial charge in [-0.05, 0) is 31.2 Å². The van der Waals surface area contributed by atoms with Crippen molar-refractivity contribution in [1.29, 1.82) is 0 Å². The standard InChI is InChI=1S/C20H25N3O3S.ClH/c1-17-7-9-19(10-8-17)27(25,26)23-15-13-22(14-16-23)12-11-21-20(24)18-5-3-2-4-6-18;/h2-10H,11-16H2,1H3,(H,21,24);1H. The number of nitrogens with zero attached hydrogens (tertiary/aromatic N) is 2. The normalized spacial score (nSPS) is 15.6. The lowest BCUT2D eigenvalue weighted by Gasteiger charge is -2.34. The van der Waals surface area contributed by atoms with Crippen LogP contribution in [0.1, 0.15) is 15.9 Å². The summed E-state index contributed by atoms with van der Waals surface area (Å²) in [6, 6.07) is 16.1. The lowest BCUT2D eigenvalue weighted by Crippen LogP contribution is -2.50. The molecule has 152 valence electrons. The third-order valence-electron chi connectivity index (χ3n) is 4.74. The fraction of sp³-hybridized carbons (Fsp3) is 0.350. The number of rotatable bonds is 6. The summed E-state index contributed by atoms with van der Waals surface area (Å²) in [5, 5.41) is 2.91. The molecule has 1 saturated heterocycles. The van der Waals surface area contributed by atoms with E-state index in [1.165, 1.54) is 4.31 Å². The number of piperazine rings is 1. The van der Waals surface area contributed by atoms with Gasteiger partial charge >= 0.3 is 0 Å². The Labute approximate surface area is 173 Å². The second kappa shape index (κ2) is 10.0. The zero-order valence-corrected chi connectivity index (χ0v) is 17.5. The highest BCUT2D eigenvalue weighted by Crippen LogP contribution is 2.18. The van der Waals surface area contributed by atoms with E-state index < -0.39 is 10.0 Å². The van der Waals surface area contributed by atoms with E-state index in [9.17, 15) is 13.2 Å². The highest BCUT2D eigenvalue weighted by Gasteiger charge is 2.28. The molecule has 0 radical (unpaired) electrons. The van der Waals surface area contributed by atoms with E-state index in [4.69, 9.17) is 0 Å². The predicted octanol–water partition coefficient (Wildman–Crippen LogP) is 2.15. The summed E-state index contributed by atoms with van der Waals surface area (Å²) in [7, 11) is -3.44. The molecule has 1 amide bonds. The number of benzene rings is 2. The maximum absolute atomic E-state index is 12.7. The number of carbonyl (C=O) groups excluding carboxylic acids is 1. The molecule has 1 heterocycles. The third-order valence-corrected chi connectivity index (χ3v) is 6.65. The SMILES string of the molecule is Cc1ccc(S(=O)(=O)N2CCN(CCNC(=O)c3ccccc3)CC2)cc1.Cl. The maximum atomic E-state index is 12.7. The third kappa shape index (κ3) is 5.54. The van der Waals surface area contributed by atoms with Gasteiger partial charge in [0.15, 0.2) is 0 Å². The average molecular weight is 424 g/mol. The van der Waals surface area contributed by atoms with Gasteiger partial charge in [-0.1, -0.05) is 35.9 Å². The van der Waals surface area contributed by atoms with E-state index in [0.717, 1.165) is 5.56 Å². The van der Waals surface area contributed by atoms with Crippen LogP contribution in [0.15, 0.2) is 59.5 Å². The maximum Gasteiger partial charge on any atom is 0.251 e. The van der Waals surface area contributed by atoms with Gasteiger partial charge in [0, 0.05) is 44.8 Å². The summed E-state index contributed by atoms with van der Waals surface area (Å²) < 4.78 is 27.0. The number of carbonyl (C=O) groups is 1. The number of sulfonamides is 1. The number of hydrogen-bond acceptors (Lipinski definition) is 4. The molecule has 0 spiro atoms. The van der Waals surface area contributed by atoms with Crippen molar-refractivity contribution in [3.8, 4) is 0 Å². The lowest BCUT2D eigenvalue weighted by atomic mass is 10.2. The van der Waals surface area contributed by atoms with Gasteiger partial charge in [0.1, 0.15) is 0 Å². The number of halogens is 1. The molecule has 8 heteroatoms. The number of amides is 1. The highest BCUT2D eigenvalue weighted by atomic mass is 35.5. The smallest absolute Gasteiger partial charge is 0.251 e. The van der Waals surface area contributed by atoms with Crippen molar-refractivity contribution in [1.82, 2.24) is 14.5 Å². The Balaban J connectivity index is 0.00000280. The van der Waals surface area contributed by atoms with Crippen LogP contribution < -0.4 is 5.32 Å². The topological polar surface area (TPSA) is 69.7 Å². The molecular formula is C20H26ClN3O3S. The van der Waals surface area contributed by atoms with Crippen LogP contribution in [-0.2, 0) is 10.0 Å². The van der Waals surface area contributed by atoms with Gasteiger partial charge in [-0.25, -0.2) is 8.42 Å². The molecule has 3 rings (SSSR count). The molecule has 0 atom stereocenters. The summed E-state index contributed by atoms with van der Waals surface area (Å²) in [6.07, 6.45) is 0. The Bertz CT molecular complexity index is 865. The van der Waals surface area contributed by atoms with Crippen LogP contribution in [0.2, 0.25) is 0 Å². The minimum atomic E-state index is -3.44. The number of aryl methyl sites for hydroxylation is 1. The van der Waals surface area contributed by atoms with Crippen molar-refractivity contribution in [3.05, 3.63) is 65.7 Å². The van der Waals surface area contributed by atoms with Gasteiger partial charge in [0.05, 0.1) is 4.90 Å². The van der Waals surface area contributed by atoms with Crippen molar-refractivity contribution in [3.63, 3.8) is 0 Å². The Morgan fingerprint density at radius 2 is 1.57 bits per heavy atom. The van der Waals surface area contributed by atoms with Gasteiger partial charge in [0.2, 0.25) is 10.0 Å². The lowest BCUT2D eigenvalue weighted by molar-refractivity contribution is 0.0945. The van der Waals surface area contributed by atoms with Crippen LogP contribution in [0.5, 0.6) is 0 Å². The molecule has 1 N–H and O–H groups in total. The molecule has 1 aliphatic heterocycles. The van der Waals surface area contributed by atoms with Crippen molar-refractivity contribution in [2.75, 3.05) is 39.3 Å². The highest BCUT2D eigenvalue weighted by molar-refractivity contribution is 7.89. The van der Waals surface area contributed by atoms with Gasteiger partial charge < -0.3 is 5.32 Å². The van der Waals surface area contributed by atoms with E-state index in [1.54, 1.807) is 24.3 Å². The summed E-state index contributed by atoms with van der Waals surface area (Å²) in [5.41, 5.74) is 1.68. The molecule has 0 unspecified atom stereocenters. The fourth-order valence-electron chi connectivity index (χ4n) is 3.07. The Hall–Kier alpha value is -1.93. The molecule has 6 nitrogen and oxygen atoms in total. The zero-order chi connectivity index (χ0) is 19.3. The molecule has 28 heavy (non-hydrogen) atoms. The zero-order valence-electron chi connectivity index (χ0n) is 15.9. The first-order valence-corrected chi connectivity index (χ1v) is 10.5. The van der Waals surface area contributed by atoms with Gasteiger partial charge in [-0.2, -0.15) is 4.31 Å². The van der Waals surface area contributed by atoms with E-state index in [2.05, 4.69) is 10.2 Å². The number of nitrogens with one attached hydrogen (secondary N) is 1. The monoisotopic (exact) mass is 423 g/mol. The van der Waals surface area contributed by atoms with Crippen molar-refractivity contribution in [2.45, 2.75) is 11.8 Å². The van der Waals surface area contributed by atoms with Crippen LogP contribution in [0.4, 0.5) is 0 Å². The molecule has 2 aromatic rings. The largest absolute Gasteiger partial charge is 0.351 e. The minimum absolute atomic E-state index is 0. The van der Waals surface area contributed by atoms with Crippen molar-refractivity contribution >= 4 is 28.3 Å². The molecule has 0 bridgehead atoms. The Kier molecular flexibility index (Phi) is 8.00. The van der Waals surface area contributed by atoms with E-state index >= 15 is 0 Å². The molecular weight excluding hydrogens is 398 g/mol. The average Bonchev–Trinajstić information content (AvgIpc) is 2.69. The first-order chi connectivity index (χ1) is 13.0. The second-order valence-corrected chi connectivity index (χ2v) is 8.62. The van der Waals surface area contributed by atoms with Crippen molar-refractivity contribution in [2.24, 2.45) is 0 Å². The second-order valence-electron chi connectivity index (χ2n) is 6.68. The van der Waals surface area contributed by atoms with Crippen LogP contribution in [0.25, 0.3) is 0 Å². The summed E-state index contributed by atoms with van der Waals surface area (Å²) >= 11 is 0. The first kappa shape index (κ1) is 22.4. The minimum Gasteiger partial charge on any atom is -0.351 e. The Morgan fingerprint density at radius 3 is 2.18 bits per heavy atom. The summed E-state index contributed by atoms with van der Waals surface area (Å²) in [6.45, 7) is 5.42. The van der Waals surface area contributed by atoms with Crippen LogP contribution >= 0.6 is 12.4 Å². The van der Waals surface area contributed by atoms with E-state index in [0.29, 0.717) is 49.7 Å². The molecule has 1 aliphatic rings. The molecule has 0 aromatic heterocycles. The summed E-state index contributed by atoms with van der Waals surface area (Å²) in [4.78, 5) is 14.6. The fourth-order valence-corrected chi connectivity index (χ4v) is 4.49. The molecule has 0 saturated carbocycles. The molecule has 2 aromatic carbocycles. The number of hydrogen-bond donors (Lipinski definition) is 1. The Morgan fingerprint density at radius 1 is 0.964 bits per heavy atom. The summed E-state index contributed by atoms with van der Waals surface area (Å²) in [5.74, 6) is -0.0869. The van der Waals surface area contributed by atoms with Crippen molar-refractivity contribution < 1.29 is 13.2 Å². The van der Waals surface area contributed by atoms with Crippen LogP contribution in [-0.4, -0.2) is 62.8 Å². The quantitative estimate of drug-likeness (QED) is 0.772. The van der Waals surface area contributed by atoms with Gasteiger partial charge in [0.25, 0.3) is 5.91 Å². The van der Waals surface area contributed by atoms with Gasteiger partial charge in [-0.3, -0.25) is 9.69 Å². The van der Waals surface area contributed by atoms with Crippen LogP contribution in [0, 0.1) is 6.92 Å². The van der Waals surface area contributed by atoms with Gasteiger partial charge in [-0.15, -0.1) is 12.4 Å². The van der Waals surface area contributed by atoms with E-state index in [-0.39, 0.29) is 18.3 Å². The predicted molar refractivity (Wildman–Crippen MR) is 112 cm³/mol. The van der Waals surface area contributed by atoms with Crippen LogP contribution in [0.3, 0.4) is 0 Å². The van der Waals surface area contributed by atoms with E-state index in [1.807, 2.05) is 37.3 Å². The molecule has 1 fully saturated rings. The molecule has 0 aliphatic carbocycles.